The highest BCUT2D eigenvalue weighted by Gasteiger charge is 2.39. The van der Waals surface area contributed by atoms with Gasteiger partial charge in [-0.25, -0.2) is 13.8 Å². The van der Waals surface area contributed by atoms with Gasteiger partial charge in [-0.15, -0.1) is 0 Å². The lowest BCUT2D eigenvalue weighted by atomic mass is 10.1. The molecule has 0 saturated carbocycles. The van der Waals surface area contributed by atoms with Crippen molar-refractivity contribution in [3.63, 3.8) is 0 Å². The summed E-state index contributed by atoms with van der Waals surface area (Å²) in [6.45, 7) is 5.61. The van der Waals surface area contributed by atoms with Crippen molar-refractivity contribution in [3.8, 4) is 0 Å². The number of hydrogen-bond donors (Lipinski definition) is 1. The van der Waals surface area contributed by atoms with Crippen LogP contribution in [0.5, 0.6) is 0 Å². The van der Waals surface area contributed by atoms with E-state index in [1.807, 2.05) is 6.92 Å². The fraction of sp³-hybridized carbons (Fsp3) is 0.889. The summed E-state index contributed by atoms with van der Waals surface area (Å²) >= 11 is -1.30. The minimum atomic E-state index is -1.30. The van der Waals surface area contributed by atoms with Gasteiger partial charge in [0.15, 0.2) is 0 Å². The molecule has 0 aromatic heterocycles. The molecule has 0 heterocycles. The molecule has 136 valence electrons. The van der Waals surface area contributed by atoms with Gasteiger partial charge in [-0.05, 0) is 12.8 Å². The second-order valence-electron chi connectivity index (χ2n) is 6.05. The molecule has 5 heteroatoms. The van der Waals surface area contributed by atoms with Crippen molar-refractivity contribution >= 4 is 22.3 Å². The van der Waals surface area contributed by atoms with E-state index >= 15 is 0 Å². The Labute approximate surface area is 144 Å². The summed E-state index contributed by atoms with van der Waals surface area (Å²) in [4.78, 5) is 23.6. The average Bonchev–Trinajstić information content (AvgIpc) is 2.50. The third-order valence-corrected chi connectivity index (χ3v) is 5.29. The highest BCUT2D eigenvalue weighted by atomic mass is 32.2. The van der Waals surface area contributed by atoms with Gasteiger partial charge in [0, 0.05) is 6.92 Å². The van der Waals surface area contributed by atoms with E-state index in [-0.39, 0.29) is 5.12 Å². The topological polar surface area (TPSA) is 63.6 Å². The summed E-state index contributed by atoms with van der Waals surface area (Å²) in [5.74, 6) is -0.392. The smallest absolute Gasteiger partial charge is 0.346 e. The first-order chi connectivity index (χ1) is 11.0. The Bertz CT molecular complexity index is 318. The van der Waals surface area contributed by atoms with Crippen LogP contribution in [0.25, 0.3) is 0 Å². The molecule has 0 aliphatic heterocycles. The standard InChI is InChI=1S/C18H35O4S/c1-4-6-7-8-9-10-11-12-13-15-18(21)23(16(3)19)22-17(20)14-5-2/h16,19H,4-15H2,1-3H3/q+1. The first-order valence-corrected chi connectivity index (χ1v) is 10.4. The number of aliphatic hydroxyl groups excluding tert-OH is 1. The van der Waals surface area contributed by atoms with E-state index in [1.165, 1.54) is 45.4 Å². The molecule has 2 unspecified atom stereocenters. The number of aliphatic hydroxyl groups is 1. The van der Waals surface area contributed by atoms with Crippen LogP contribution in [-0.4, -0.2) is 21.6 Å². The second kappa shape index (κ2) is 15.0. The van der Waals surface area contributed by atoms with Crippen LogP contribution < -0.4 is 0 Å². The molecule has 0 aromatic carbocycles. The summed E-state index contributed by atoms with van der Waals surface area (Å²) in [5, 5.41) is 9.53. The largest absolute Gasteiger partial charge is 0.378 e. The maximum absolute atomic E-state index is 12.1. The molecule has 0 aliphatic carbocycles. The maximum Gasteiger partial charge on any atom is 0.378 e. The van der Waals surface area contributed by atoms with E-state index in [1.54, 1.807) is 0 Å². The maximum atomic E-state index is 12.1. The number of hydrogen-bond acceptors (Lipinski definition) is 4. The normalized spacial score (nSPS) is 13.6. The molecule has 23 heavy (non-hydrogen) atoms. The van der Waals surface area contributed by atoms with Gasteiger partial charge in [0.2, 0.25) is 0 Å². The van der Waals surface area contributed by atoms with Crippen LogP contribution in [0.2, 0.25) is 0 Å². The zero-order chi connectivity index (χ0) is 17.5. The van der Waals surface area contributed by atoms with Crippen LogP contribution >= 0.6 is 0 Å². The molecular weight excluding hydrogens is 312 g/mol. The quantitative estimate of drug-likeness (QED) is 0.389. The number of rotatable bonds is 13. The molecule has 0 aromatic rings. The van der Waals surface area contributed by atoms with E-state index in [2.05, 4.69) is 6.92 Å². The van der Waals surface area contributed by atoms with Crippen molar-refractivity contribution in [1.82, 2.24) is 0 Å². The molecule has 0 saturated heterocycles. The molecule has 0 radical (unpaired) electrons. The molecule has 0 rings (SSSR count). The zero-order valence-electron chi connectivity index (χ0n) is 15.1. The van der Waals surface area contributed by atoms with E-state index in [0.717, 1.165) is 19.3 Å². The Balaban J connectivity index is 3.81. The molecule has 1 N–H and O–H groups in total. The van der Waals surface area contributed by atoms with E-state index in [4.69, 9.17) is 4.18 Å². The Morgan fingerprint density at radius 1 is 0.870 bits per heavy atom. The lowest BCUT2D eigenvalue weighted by molar-refractivity contribution is -0.134. The zero-order valence-corrected chi connectivity index (χ0v) is 16.0. The van der Waals surface area contributed by atoms with Crippen molar-refractivity contribution in [1.29, 1.82) is 0 Å². The van der Waals surface area contributed by atoms with Crippen LogP contribution in [-0.2, 0) is 24.9 Å². The third kappa shape index (κ3) is 12.5. The van der Waals surface area contributed by atoms with E-state index in [9.17, 15) is 14.7 Å². The number of carbonyl (C=O) groups is 2. The van der Waals surface area contributed by atoms with Gasteiger partial charge in [-0.2, -0.15) is 0 Å². The van der Waals surface area contributed by atoms with Crippen LogP contribution in [0.3, 0.4) is 0 Å². The van der Waals surface area contributed by atoms with Crippen molar-refractivity contribution in [2.45, 2.75) is 103 Å². The van der Waals surface area contributed by atoms with Crippen molar-refractivity contribution < 1.29 is 18.9 Å². The van der Waals surface area contributed by atoms with Gasteiger partial charge >= 0.3 is 22.3 Å². The summed E-state index contributed by atoms with van der Waals surface area (Å²) < 4.78 is 5.14. The van der Waals surface area contributed by atoms with Crippen LogP contribution in [0.15, 0.2) is 0 Å². The van der Waals surface area contributed by atoms with E-state index in [0.29, 0.717) is 19.3 Å². The average molecular weight is 348 g/mol. The molecule has 0 fully saturated rings. The van der Waals surface area contributed by atoms with Crippen LogP contribution in [0.4, 0.5) is 0 Å². The van der Waals surface area contributed by atoms with Crippen LogP contribution in [0, 0.1) is 0 Å². The van der Waals surface area contributed by atoms with Gasteiger partial charge in [0.1, 0.15) is 0 Å². The minimum Gasteiger partial charge on any atom is -0.346 e. The molecule has 0 spiro atoms. The van der Waals surface area contributed by atoms with Crippen molar-refractivity contribution in [3.05, 3.63) is 0 Å². The Hall–Kier alpha value is -0.550. The summed E-state index contributed by atoms with van der Waals surface area (Å²) in [6.07, 6.45) is 12.1. The molecule has 0 amide bonds. The molecule has 4 nitrogen and oxygen atoms in total. The molecule has 2 atom stereocenters. The lowest BCUT2D eigenvalue weighted by Gasteiger charge is -2.07. The number of unbranched alkanes of at least 4 members (excludes halogenated alkanes) is 8. The van der Waals surface area contributed by atoms with Crippen molar-refractivity contribution in [2.24, 2.45) is 0 Å². The summed E-state index contributed by atoms with van der Waals surface area (Å²) in [5.41, 5.74) is -0.915. The third-order valence-electron chi connectivity index (χ3n) is 3.66. The number of carbonyl (C=O) groups excluding carboxylic acids is 2. The highest BCUT2D eigenvalue weighted by Crippen LogP contribution is 2.16. The van der Waals surface area contributed by atoms with Crippen molar-refractivity contribution in [2.75, 3.05) is 0 Å². The Morgan fingerprint density at radius 3 is 1.87 bits per heavy atom. The summed E-state index contributed by atoms with van der Waals surface area (Å²) in [7, 11) is 0. The predicted octanol–water partition coefficient (Wildman–Crippen LogP) is 4.65. The van der Waals surface area contributed by atoms with Gasteiger partial charge in [0.25, 0.3) is 5.44 Å². The first kappa shape index (κ1) is 22.4. The minimum absolute atomic E-state index is 0.132. The van der Waals surface area contributed by atoms with Gasteiger partial charge in [0.05, 0.1) is 12.8 Å². The monoisotopic (exact) mass is 347 g/mol. The van der Waals surface area contributed by atoms with Gasteiger partial charge in [-0.3, -0.25) is 0 Å². The fourth-order valence-corrected chi connectivity index (χ4v) is 3.57. The highest BCUT2D eigenvalue weighted by molar-refractivity contribution is 8.07. The molecule has 0 bridgehead atoms. The van der Waals surface area contributed by atoms with Gasteiger partial charge < -0.3 is 5.11 Å². The second-order valence-corrected chi connectivity index (χ2v) is 7.95. The van der Waals surface area contributed by atoms with Gasteiger partial charge in [-0.1, -0.05) is 65.2 Å². The lowest BCUT2D eigenvalue weighted by Crippen LogP contribution is -2.30. The Kier molecular flexibility index (Phi) is 14.6. The van der Waals surface area contributed by atoms with Crippen LogP contribution in [0.1, 0.15) is 97.8 Å². The predicted molar refractivity (Wildman–Crippen MR) is 96.9 cm³/mol. The molecular formula is C18H35O4S+. The van der Waals surface area contributed by atoms with E-state index < -0.39 is 22.6 Å². The summed E-state index contributed by atoms with van der Waals surface area (Å²) in [6, 6.07) is 0. The Morgan fingerprint density at radius 2 is 1.39 bits per heavy atom. The first-order valence-electron chi connectivity index (χ1n) is 9.18. The molecule has 0 aliphatic rings. The fourth-order valence-electron chi connectivity index (χ4n) is 2.33. The SMILES string of the molecule is CCCCCCCCCCCC(=O)[S+](OC(=O)CCC)C(C)O.